The van der Waals surface area contributed by atoms with Crippen molar-refractivity contribution < 1.29 is 46.5 Å². The second kappa shape index (κ2) is 18.6. The first kappa shape index (κ1) is 46.5. The molecule has 2 aliphatic carbocycles. The smallest absolute Gasteiger partial charge is 0.408 e. The summed E-state index contributed by atoms with van der Waals surface area (Å²) in [6.07, 6.45) is 7.52. The average Bonchev–Trinajstić information content (AvgIpc) is 4.16. The molecule has 0 radical (unpaired) electrons. The third-order valence-corrected chi connectivity index (χ3v) is 14.1. The van der Waals surface area contributed by atoms with Gasteiger partial charge in [-0.05, 0) is 127 Å². The molecule has 346 valence electrons. The zero-order valence-electron chi connectivity index (χ0n) is 38.0. The molecular weight excluding hydrogens is 841 g/mol. The molecule has 1 aromatic carbocycles. The number of amides is 4. The van der Waals surface area contributed by atoms with Crippen LogP contribution in [0.4, 0.5) is 4.79 Å². The third-order valence-electron chi connectivity index (χ3n) is 12.3. The first-order valence-electron chi connectivity index (χ1n) is 22.4. The number of benzene rings is 1. The molecule has 4 aliphatic rings. The first-order valence-corrected chi connectivity index (χ1v) is 24.0. The van der Waals surface area contributed by atoms with E-state index in [1.807, 2.05) is 57.2 Å². The third kappa shape index (κ3) is 10.7. The van der Waals surface area contributed by atoms with Gasteiger partial charge in [0.15, 0.2) is 0 Å². The van der Waals surface area contributed by atoms with E-state index >= 15 is 4.79 Å². The van der Waals surface area contributed by atoms with Crippen LogP contribution in [0.5, 0.6) is 17.4 Å². The molecule has 2 saturated carbocycles. The Bertz CT molecular complexity index is 2380. The van der Waals surface area contributed by atoms with Gasteiger partial charge in [-0.25, -0.2) is 18.2 Å². The Kier molecular flexibility index (Phi) is 13.5. The maximum absolute atomic E-state index is 15.2. The number of nitrogens with one attached hydrogen (secondary N) is 3. The molecule has 2 aromatic heterocycles. The lowest BCUT2D eigenvalue weighted by Gasteiger charge is -2.34. The zero-order valence-corrected chi connectivity index (χ0v) is 38.8. The van der Waals surface area contributed by atoms with E-state index in [9.17, 15) is 22.8 Å². The summed E-state index contributed by atoms with van der Waals surface area (Å²) in [5.41, 5.74) is -1.35. The second-order valence-electron chi connectivity index (χ2n) is 19.0. The minimum atomic E-state index is -3.94. The van der Waals surface area contributed by atoms with Crippen LogP contribution in [0.3, 0.4) is 0 Å². The van der Waals surface area contributed by atoms with E-state index in [1.165, 1.54) is 4.90 Å². The number of allylic oxidation sites excluding steroid dienone is 1. The van der Waals surface area contributed by atoms with Crippen LogP contribution in [0.1, 0.15) is 99.8 Å². The van der Waals surface area contributed by atoms with Gasteiger partial charge in [-0.3, -0.25) is 24.1 Å². The van der Waals surface area contributed by atoms with Crippen LogP contribution in [0, 0.1) is 17.8 Å². The minimum absolute atomic E-state index is 0.00839. The van der Waals surface area contributed by atoms with Crippen LogP contribution in [-0.2, 0) is 29.1 Å². The average molecular weight is 903 g/mol. The lowest BCUT2D eigenvalue weighted by atomic mass is 9.85. The summed E-state index contributed by atoms with van der Waals surface area (Å²) in [7, 11) is -2.36. The molecular formula is C47H62N6O10S. The summed E-state index contributed by atoms with van der Waals surface area (Å²) >= 11 is 0. The predicted molar refractivity (Wildman–Crippen MR) is 240 cm³/mol. The molecule has 17 heteroatoms. The van der Waals surface area contributed by atoms with Crippen LogP contribution in [0.2, 0.25) is 0 Å². The highest BCUT2D eigenvalue weighted by Crippen LogP contribution is 2.46. The molecule has 7 atom stereocenters. The zero-order chi connectivity index (χ0) is 46.1. The van der Waals surface area contributed by atoms with Crippen molar-refractivity contribution in [3.8, 4) is 28.8 Å². The molecule has 1 saturated heterocycles. The largest absolute Gasteiger partial charge is 0.497 e. The molecule has 64 heavy (non-hydrogen) atoms. The summed E-state index contributed by atoms with van der Waals surface area (Å²) in [4.78, 5) is 68.4. The van der Waals surface area contributed by atoms with Crippen molar-refractivity contribution in [1.82, 2.24) is 30.2 Å². The van der Waals surface area contributed by atoms with Crippen LogP contribution in [0.25, 0.3) is 22.2 Å². The summed E-state index contributed by atoms with van der Waals surface area (Å²) in [6.45, 7) is 13.1. The van der Waals surface area contributed by atoms with Crippen molar-refractivity contribution in [1.29, 1.82) is 0 Å². The van der Waals surface area contributed by atoms with Crippen molar-refractivity contribution in [2.45, 2.75) is 141 Å². The summed E-state index contributed by atoms with van der Waals surface area (Å²) in [5, 5.41) is 6.55. The Hall–Kier alpha value is -5.45. The number of aromatic nitrogens is 2. The van der Waals surface area contributed by atoms with Gasteiger partial charge in [0.05, 0.1) is 42.6 Å². The number of fused-ring (bicyclic) bond motifs is 3. The number of carbonyl (C=O) groups is 4. The number of hydrogen-bond acceptors (Lipinski definition) is 12. The summed E-state index contributed by atoms with van der Waals surface area (Å²) in [5.74, 6) is -1.17. The maximum atomic E-state index is 15.2. The predicted octanol–water partition coefficient (Wildman–Crippen LogP) is 6.22. The second-order valence-corrected chi connectivity index (χ2v) is 21.0. The number of methoxy groups -OCH3 is 1. The van der Waals surface area contributed by atoms with Crippen molar-refractivity contribution in [3.63, 3.8) is 0 Å². The van der Waals surface area contributed by atoms with Crippen molar-refractivity contribution in [2.75, 3.05) is 13.7 Å². The van der Waals surface area contributed by atoms with E-state index < -0.39 is 74.3 Å². The first-order chi connectivity index (χ1) is 30.3. The number of rotatable bonds is 11. The number of alkyl carbamates (subject to hydrolysis) is 1. The topological polar surface area (TPSA) is 204 Å². The maximum Gasteiger partial charge on any atom is 0.408 e. The number of hydrogen-bond donors (Lipinski definition) is 3. The van der Waals surface area contributed by atoms with E-state index in [-0.39, 0.29) is 43.2 Å². The number of ether oxygens (including phenoxy) is 4. The summed E-state index contributed by atoms with van der Waals surface area (Å²) < 4.78 is 52.1. The van der Waals surface area contributed by atoms with Gasteiger partial charge in [0.25, 0.3) is 5.91 Å². The number of pyridine rings is 2. The molecule has 4 heterocycles. The van der Waals surface area contributed by atoms with Crippen LogP contribution in [0.15, 0.2) is 54.7 Å². The van der Waals surface area contributed by atoms with E-state index in [2.05, 4.69) is 27.3 Å². The van der Waals surface area contributed by atoms with Crippen molar-refractivity contribution in [3.05, 3.63) is 54.7 Å². The van der Waals surface area contributed by atoms with Gasteiger partial charge in [-0.2, -0.15) is 0 Å². The Balaban J connectivity index is 1.27. The van der Waals surface area contributed by atoms with Gasteiger partial charge in [0, 0.05) is 17.7 Å². The van der Waals surface area contributed by atoms with Gasteiger partial charge in [-0.1, -0.05) is 32.4 Å². The number of nitrogens with zero attached hydrogens (tertiary/aromatic N) is 3. The SMILES string of the molecule is CC[C@@H]1C[C@H](C)CC/C=C\[C@@H]2C[C@@]2(C(=O)NS(=O)(=O)C2CC2)NC(=O)[C@@H]2C[C@@H](Oc3nc(-c4ccc(OC(C)C)cn4)cc4cc(OC)ccc34)CN2C(=O)[C@H]1NC(=O)OC(C)(C)C. The number of carbonyl (C=O) groups excluding carboxylic acids is 4. The van der Waals surface area contributed by atoms with Crippen LogP contribution >= 0.6 is 0 Å². The molecule has 0 bridgehead atoms. The highest BCUT2D eigenvalue weighted by atomic mass is 32.2. The lowest BCUT2D eigenvalue weighted by Crippen LogP contribution is -2.59. The molecule has 0 spiro atoms. The standard InChI is InChI=1S/C47H62N6O10S/c1-9-29-20-28(4)12-10-11-13-31-24-47(31,44(56)52-64(58,59)35-16-17-35)51-41(54)39-23-34(26-53(39)43(55)40(29)50-45(57)63-46(5,6)7)62-42-36-18-14-32(60-8)21-30(36)22-38(49-42)37-19-15-33(25-48-37)61-27(2)3/h11,13-15,18-19,21-22,25,27-29,31,34-35,39-40H,9-10,12,16-17,20,23-24,26H2,1-8H3,(H,50,57)(H,51,54)(H,52,56)/b13-11-/t28-,29-,31-,34-,39+,40+,47-/m1/s1. The van der Waals surface area contributed by atoms with E-state index in [1.54, 1.807) is 46.2 Å². The van der Waals surface area contributed by atoms with Gasteiger partial charge in [-0.15, -0.1) is 0 Å². The van der Waals surface area contributed by atoms with Gasteiger partial charge >= 0.3 is 6.09 Å². The lowest BCUT2D eigenvalue weighted by molar-refractivity contribution is -0.142. The van der Waals surface area contributed by atoms with E-state index in [0.717, 1.165) is 11.8 Å². The fourth-order valence-corrected chi connectivity index (χ4v) is 10.1. The Morgan fingerprint density at radius 1 is 1.03 bits per heavy atom. The minimum Gasteiger partial charge on any atom is -0.497 e. The molecule has 3 N–H and O–H groups in total. The molecule has 16 nitrogen and oxygen atoms in total. The van der Waals surface area contributed by atoms with Gasteiger partial charge < -0.3 is 34.5 Å². The normalized spacial score (nSPS) is 27.0. The van der Waals surface area contributed by atoms with E-state index in [4.69, 9.17) is 23.9 Å². The molecule has 4 amide bonds. The molecule has 2 aliphatic heterocycles. The van der Waals surface area contributed by atoms with Gasteiger partial charge in [0.1, 0.15) is 40.8 Å². The molecule has 7 rings (SSSR count). The highest BCUT2D eigenvalue weighted by Gasteiger charge is 2.62. The van der Waals surface area contributed by atoms with Crippen molar-refractivity contribution in [2.24, 2.45) is 17.8 Å². The number of sulfonamides is 1. The highest BCUT2D eigenvalue weighted by molar-refractivity contribution is 7.91. The Morgan fingerprint density at radius 2 is 1.78 bits per heavy atom. The van der Waals surface area contributed by atoms with Gasteiger partial charge in [0.2, 0.25) is 27.7 Å². The molecule has 3 aromatic rings. The fourth-order valence-electron chi connectivity index (χ4n) is 8.73. The monoisotopic (exact) mass is 902 g/mol. The fraction of sp³-hybridized carbons (Fsp3) is 0.574. The Morgan fingerprint density at radius 3 is 2.44 bits per heavy atom. The van der Waals surface area contributed by atoms with Crippen LogP contribution in [-0.4, -0.2) is 101 Å². The summed E-state index contributed by atoms with van der Waals surface area (Å²) in [6, 6.07) is 8.70. The van der Waals surface area contributed by atoms with Crippen molar-refractivity contribution >= 4 is 44.6 Å². The molecule has 3 fully saturated rings. The van der Waals surface area contributed by atoms with Crippen LogP contribution < -0.4 is 29.6 Å². The van der Waals surface area contributed by atoms with E-state index in [0.29, 0.717) is 60.4 Å². The quantitative estimate of drug-likeness (QED) is 0.184. The Labute approximate surface area is 375 Å². The molecule has 0 unspecified atom stereocenters.